The minimum absolute atomic E-state index is 0.639. The van der Waals surface area contributed by atoms with Crippen molar-refractivity contribution in [1.82, 2.24) is 15.1 Å². The number of aryl methyl sites for hydroxylation is 2. The number of hydrogen-bond donors (Lipinski definition) is 1. The second kappa shape index (κ2) is 6.14. The summed E-state index contributed by atoms with van der Waals surface area (Å²) in [6.45, 7) is 3.25. The smallest absolute Gasteiger partial charge is 0.131 e. The fourth-order valence-electron chi connectivity index (χ4n) is 1.86. The molecule has 0 saturated heterocycles. The summed E-state index contributed by atoms with van der Waals surface area (Å²) < 4.78 is 1.67. The first-order valence-electron chi connectivity index (χ1n) is 5.81. The third kappa shape index (κ3) is 3.42. The molecule has 3 nitrogen and oxygen atoms in total. The second-order valence-corrected chi connectivity index (χ2v) is 5.52. The minimum atomic E-state index is 0.639. The molecule has 1 aromatic carbocycles. The largest absolute Gasteiger partial charge is 0.308 e. The molecule has 102 valence electrons. The van der Waals surface area contributed by atoms with Gasteiger partial charge in [-0.25, -0.2) is 0 Å². The van der Waals surface area contributed by atoms with Crippen molar-refractivity contribution >= 4 is 34.8 Å². The van der Waals surface area contributed by atoms with Crippen molar-refractivity contribution in [2.24, 2.45) is 7.05 Å². The second-order valence-electron chi connectivity index (χ2n) is 4.32. The Balaban J connectivity index is 2.00. The highest BCUT2D eigenvalue weighted by molar-refractivity contribution is 6.35. The predicted octanol–water partition coefficient (Wildman–Crippen LogP) is 3.98. The molecule has 0 fully saturated rings. The third-order valence-corrected chi connectivity index (χ3v) is 3.96. The van der Waals surface area contributed by atoms with Crippen molar-refractivity contribution in [2.45, 2.75) is 20.0 Å². The number of nitrogens with zero attached hydrogens (tertiary/aromatic N) is 2. The summed E-state index contributed by atoms with van der Waals surface area (Å²) in [4.78, 5) is 0. The third-order valence-electron chi connectivity index (χ3n) is 2.90. The molecule has 0 aliphatic carbocycles. The van der Waals surface area contributed by atoms with E-state index in [-0.39, 0.29) is 0 Å². The maximum Gasteiger partial charge on any atom is 0.131 e. The van der Waals surface area contributed by atoms with Gasteiger partial charge in [-0.3, -0.25) is 4.68 Å². The molecule has 0 amide bonds. The van der Waals surface area contributed by atoms with Crippen LogP contribution in [-0.2, 0) is 20.1 Å². The van der Waals surface area contributed by atoms with Gasteiger partial charge in [0.2, 0.25) is 0 Å². The lowest BCUT2D eigenvalue weighted by atomic mass is 10.2. The quantitative estimate of drug-likeness (QED) is 0.924. The van der Waals surface area contributed by atoms with Crippen LogP contribution in [0, 0.1) is 6.92 Å². The van der Waals surface area contributed by atoms with E-state index in [1.54, 1.807) is 10.7 Å². The standard InChI is InChI=1S/C13H14Cl3N3/c1-8-11(13(16)19(2)18-8)7-17-6-9-3-4-10(14)5-12(9)15/h3-5,17H,6-7H2,1-2H3. The zero-order chi connectivity index (χ0) is 14.0. The van der Waals surface area contributed by atoms with E-state index < -0.39 is 0 Å². The van der Waals surface area contributed by atoms with E-state index in [4.69, 9.17) is 34.8 Å². The number of nitrogens with one attached hydrogen (secondary N) is 1. The highest BCUT2D eigenvalue weighted by atomic mass is 35.5. The van der Waals surface area contributed by atoms with Gasteiger partial charge in [0.15, 0.2) is 0 Å². The molecule has 0 saturated carbocycles. The van der Waals surface area contributed by atoms with Crippen LogP contribution >= 0.6 is 34.8 Å². The van der Waals surface area contributed by atoms with E-state index in [0.717, 1.165) is 16.8 Å². The zero-order valence-corrected chi connectivity index (χ0v) is 12.9. The van der Waals surface area contributed by atoms with Crippen LogP contribution in [0.5, 0.6) is 0 Å². The Morgan fingerprint density at radius 1 is 1.21 bits per heavy atom. The van der Waals surface area contributed by atoms with Crippen LogP contribution in [0.15, 0.2) is 18.2 Å². The lowest BCUT2D eigenvalue weighted by molar-refractivity contribution is 0.690. The Hall–Kier alpha value is -0.740. The van der Waals surface area contributed by atoms with E-state index in [1.807, 2.05) is 26.1 Å². The lowest BCUT2D eigenvalue weighted by Crippen LogP contribution is -2.13. The molecule has 1 heterocycles. The summed E-state index contributed by atoms with van der Waals surface area (Å²) in [5, 5.41) is 9.53. The summed E-state index contributed by atoms with van der Waals surface area (Å²) in [6.07, 6.45) is 0. The summed E-state index contributed by atoms with van der Waals surface area (Å²) in [6, 6.07) is 5.48. The molecule has 2 aromatic rings. The van der Waals surface area contributed by atoms with Crippen molar-refractivity contribution in [3.63, 3.8) is 0 Å². The Labute approximate surface area is 127 Å². The molecule has 6 heteroatoms. The summed E-state index contributed by atoms with van der Waals surface area (Å²) in [5.41, 5.74) is 2.94. The highest BCUT2D eigenvalue weighted by Crippen LogP contribution is 2.22. The van der Waals surface area contributed by atoms with Gasteiger partial charge >= 0.3 is 0 Å². The van der Waals surface area contributed by atoms with Gasteiger partial charge in [0.1, 0.15) is 5.15 Å². The van der Waals surface area contributed by atoms with Gasteiger partial charge in [-0.1, -0.05) is 40.9 Å². The fraction of sp³-hybridized carbons (Fsp3) is 0.308. The molecule has 0 aliphatic rings. The van der Waals surface area contributed by atoms with Crippen molar-refractivity contribution < 1.29 is 0 Å². The molecule has 19 heavy (non-hydrogen) atoms. The molecule has 1 N–H and O–H groups in total. The summed E-state index contributed by atoms with van der Waals surface area (Å²) >= 11 is 18.1. The predicted molar refractivity (Wildman–Crippen MR) is 80.0 cm³/mol. The van der Waals surface area contributed by atoms with Gasteiger partial charge in [0, 0.05) is 35.7 Å². The number of halogens is 3. The molecule has 0 atom stereocenters. The van der Waals surface area contributed by atoms with E-state index >= 15 is 0 Å². The minimum Gasteiger partial charge on any atom is -0.308 e. The average Bonchev–Trinajstić information content (AvgIpc) is 2.58. The number of rotatable bonds is 4. The maximum absolute atomic E-state index is 6.16. The van der Waals surface area contributed by atoms with Gasteiger partial charge in [-0.2, -0.15) is 5.10 Å². The van der Waals surface area contributed by atoms with Crippen molar-refractivity contribution in [3.8, 4) is 0 Å². The van der Waals surface area contributed by atoms with E-state index in [0.29, 0.717) is 28.3 Å². The Bertz CT molecular complexity index is 593. The number of benzene rings is 1. The Morgan fingerprint density at radius 3 is 2.53 bits per heavy atom. The van der Waals surface area contributed by atoms with E-state index in [9.17, 15) is 0 Å². The van der Waals surface area contributed by atoms with Crippen LogP contribution in [0.3, 0.4) is 0 Å². The number of hydrogen-bond acceptors (Lipinski definition) is 2. The van der Waals surface area contributed by atoms with Crippen LogP contribution in [-0.4, -0.2) is 9.78 Å². The average molecular weight is 319 g/mol. The molecule has 1 aromatic heterocycles. The normalized spacial score (nSPS) is 11.0. The van der Waals surface area contributed by atoms with Gasteiger partial charge in [-0.05, 0) is 24.6 Å². The monoisotopic (exact) mass is 317 g/mol. The molecule has 2 rings (SSSR count). The summed E-state index contributed by atoms with van der Waals surface area (Å²) in [7, 11) is 1.83. The van der Waals surface area contributed by atoms with Gasteiger partial charge in [0.05, 0.1) is 5.69 Å². The fourth-order valence-corrected chi connectivity index (χ4v) is 2.58. The molecule has 0 unspecified atom stereocenters. The topological polar surface area (TPSA) is 29.9 Å². The molecule has 0 bridgehead atoms. The van der Waals surface area contributed by atoms with Crippen molar-refractivity contribution in [1.29, 1.82) is 0 Å². The van der Waals surface area contributed by atoms with Crippen LogP contribution < -0.4 is 5.32 Å². The van der Waals surface area contributed by atoms with Crippen LogP contribution in [0.2, 0.25) is 15.2 Å². The van der Waals surface area contributed by atoms with E-state index in [1.165, 1.54) is 0 Å². The lowest BCUT2D eigenvalue weighted by Gasteiger charge is -2.07. The molecular weight excluding hydrogens is 305 g/mol. The Morgan fingerprint density at radius 2 is 1.95 bits per heavy atom. The first kappa shape index (κ1) is 14.7. The van der Waals surface area contributed by atoms with Crippen molar-refractivity contribution in [3.05, 3.63) is 50.2 Å². The maximum atomic E-state index is 6.16. The SMILES string of the molecule is Cc1nn(C)c(Cl)c1CNCc1ccc(Cl)cc1Cl. The van der Waals surface area contributed by atoms with Crippen LogP contribution in [0.4, 0.5) is 0 Å². The van der Waals surface area contributed by atoms with Crippen LogP contribution in [0.25, 0.3) is 0 Å². The molecular formula is C13H14Cl3N3. The first-order valence-corrected chi connectivity index (χ1v) is 6.95. The van der Waals surface area contributed by atoms with Gasteiger partial charge in [0.25, 0.3) is 0 Å². The summed E-state index contributed by atoms with van der Waals surface area (Å²) in [5.74, 6) is 0. The van der Waals surface area contributed by atoms with Gasteiger partial charge < -0.3 is 5.32 Å². The zero-order valence-electron chi connectivity index (χ0n) is 10.7. The van der Waals surface area contributed by atoms with Gasteiger partial charge in [-0.15, -0.1) is 0 Å². The first-order chi connectivity index (χ1) is 8.99. The molecule has 0 radical (unpaired) electrons. The molecule has 0 aliphatic heterocycles. The Kier molecular flexibility index (Phi) is 4.74. The van der Waals surface area contributed by atoms with E-state index in [2.05, 4.69) is 10.4 Å². The van der Waals surface area contributed by atoms with Crippen LogP contribution in [0.1, 0.15) is 16.8 Å². The van der Waals surface area contributed by atoms with Crippen molar-refractivity contribution in [2.75, 3.05) is 0 Å². The molecule has 0 spiro atoms. The highest BCUT2D eigenvalue weighted by Gasteiger charge is 2.10. The number of aromatic nitrogens is 2.